The third-order valence-corrected chi connectivity index (χ3v) is 2.16. The lowest BCUT2D eigenvalue weighted by molar-refractivity contribution is 0.216. The van der Waals surface area contributed by atoms with Crippen molar-refractivity contribution in [2.75, 3.05) is 13.2 Å². The van der Waals surface area contributed by atoms with Gasteiger partial charge in [-0.2, -0.15) is 0 Å². The molecule has 0 saturated carbocycles. The predicted molar refractivity (Wildman–Crippen MR) is 57.4 cm³/mol. The first kappa shape index (κ1) is 11.1. The molecule has 1 aromatic carbocycles. The first-order valence-corrected chi connectivity index (χ1v) is 5.11. The van der Waals surface area contributed by atoms with Crippen molar-refractivity contribution in [1.82, 2.24) is 0 Å². The molecule has 0 bridgehead atoms. The quantitative estimate of drug-likeness (QED) is 0.705. The average molecular weight is 194 g/mol. The minimum Gasteiger partial charge on any atom is -0.494 e. The Morgan fingerprint density at radius 2 is 2.00 bits per heavy atom. The summed E-state index contributed by atoms with van der Waals surface area (Å²) in [5.41, 5.74) is 0. The molecule has 1 N–H and O–H groups in total. The number of benzene rings is 1. The van der Waals surface area contributed by atoms with Crippen molar-refractivity contribution in [2.45, 2.75) is 19.8 Å². The number of rotatable bonds is 6. The summed E-state index contributed by atoms with van der Waals surface area (Å²) in [6, 6.07) is 9.81. The van der Waals surface area contributed by atoms with Gasteiger partial charge in [0.05, 0.1) is 6.61 Å². The Hall–Kier alpha value is -1.02. The zero-order valence-corrected chi connectivity index (χ0v) is 8.65. The van der Waals surface area contributed by atoms with E-state index in [-0.39, 0.29) is 6.61 Å². The van der Waals surface area contributed by atoms with Gasteiger partial charge in [-0.3, -0.25) is 0 Å². The fraction of sp³-hybridized carbons (Fsp3) is 0.500. The summed E-state index contributed by atoms with van der Waals surface area (Å²) in [7, 11) is 0. The average Bonchev–Trinajstić information content (AvgIpc) is 2.25. The molecule has 0 heterocycles. The SMILES string of the molecule is CC(CO)CCCOc1ccccc1. The second-order valence-corrected chi connectivity index (χ2v) is 3.59. The van der Waals surface area contributed by atoms with Gasteiger partial charge in [-0.1, -0.05) is 25.1 Å². The molecule has 0 aliphatic carbocycles. The van der Waals surface area contributed by atoms with Crippen LogP contribution in [0.3, 0.4) is 0 Å². The molecule has 0 aliphatic heterocycles. The molecule has 2 heteroatoms. The van der Waals surface area contributed by atoms with Gasteiger partial charge in [0.2, 0.25) is 0 Å². The van der Waals surface area contributed by atoms with Crippen molar-refractivity contribution in [1.29, 1.82) is 0 Å². The number of para-hydroxylation sites is 1. The van der Waals surface area contributed by atoms with Crippen LogP contribution in [0.25, 0.3) is 0 Å². The zero-order valence-electron chi connectivity index (χ0n) is 8.65. The summed E-state index contributed by atoms with van der Waals surface area (Å²) in [6.07, 6.45) is 2.01. The summed E-state index contributed by atoms with van der Waals surface area (Å²) in [5.74, 6) is 1.30. The second kappa shape index (κ2) is 6.44. The van der Waals surface area contributed by atoms with E-state index >= 15 is 0 Å². The van der Waals surface area contributed by atoms with E-state index in [2.05, 4.69) is 0 Å². The van der Waals surface area contributed by atoms with Crippen molar-refractivity contribution < 1.29 is 9.84 Å². The minimum absolute atomic E-state index is 0.269. The van der Waals surface area contributed by atoms with E-state index in [9.17, 15) is 0 Å². The van der Waals surface area contributed by atoms with Gasteiger partial charge in [0.15, 0.2) is 0 Å². The molecule has 1 unspecified atom stereocenters. The molecule has 1 atom stereocenters. The number of hydrogen-bond donors (Lipinski definition) is 1. The molecule has 78 valence electrons. The van der Waals surface area contributed by atoms with Gasteiger partial charge >= 0.3 is 0 Å². The van der Waals surface area contributed by atoms with Crippen LogP contribution in [-0.4, -0.2) is 18.3 Å². The molecule has 0 spiro atoms. The van der Waals surface area contributed by atoms with E-state index in [4.69, 9.17) is 9.84 Å². The Morgan fingerprint density at radius 3 is 2.64 bits per heavy atom. The fourth-order valence-corrected chi connectivity index (χ4v) is 1.23. The van der Waals surface area contributed by atoms with Crippen molar-refractivity contribution in [3.05, 3.63) is 30.3 Å². The first-order valence-electron chi connectivity index (χ1n) is 5.11. The van der Waals surface area contributed by atoms with Crippen molar-refractivity contribution >= 4 is 0 Å². The van der Waals surface area contributed by atoms with Crippen LogP contribution >= 0.6 is 0 Å². The van der Waals surface area contributed by atoms with Crippen molar-refractivity contribution in [2.24, 2.45) is 5.92 Å². The summed E-state index contributed by atoms with van der Waals surface area (Å²) in [5, 5.41) is 8.81. The number of ether oxygens (including phenoxy) is 1. The number of aliphatic hydroxyl groups excluding tert-OH is 1. The van der Waals surface area contributed by atoms with Gasteiger partial charge in [-0.05, 0) is 30.9 Å². The van der Waals surface area contributed by atoms with Gasteiger partial charge < -0.3 is 9.84 Å². The zero-order chi connectivity index (χ0) is 10.2. The van der Waals surface area contributed by atoms with Gasteiger partial charge in [-0.25, -0.2) is 0 Å². The molecule has 0 aromatic heterocycles. The second-order valence-electron chi connectivity index (χ2n) is 3.59. The molecule has 14 heavy (non-hydrogen) atoms. The molecule has 0 amide bonds. The van der Waals surface area contributed by atoms with E-state index in [0.717, 1.165) is 25.2 Å². The standard InChI is InChI=1S/C12H18O2/c1-11(10-13)6-5-9-14-12-7-3-2-4-8-12/h2-4,7-8,11,13H,5-6,9-10H2,1H3. The van der Waals surface area contributed by atoms with Crippen LogP contribution in [0.1, 0.15) is 19.8 Å². The lowest BCUT2D eigenvalue weighted by Gasteiger charge is -2.08. The Bertz CT molecular complexity index is 233. The minimum atomic E-state index is 0.269. The van der Waals surface area contributed by atoms with Crippen LogP contribution in [0.15, 0.2) is 30.3 Å². The summed E-state index contributed by atoms with van der Waals surface area (Å²) in [6.45, 7) is 3.04. The lowest BCUT2D eigenvalue weighted by atomic mass is 10.1. The largest absolute Gasteiger partial charge is 0.494 e. The Labute approximate surface area is 85.5 Å². The summed E-state index contributed by atoms with van der Waals surface area (Å²) < 4.78 is 5.52. The van der Waals surface area contributed by atoms with Crippen LogP contribution < -0.4 is 4.74 Å². The number of aliphatic hydroxyl groups is 1. The molecule has 0 fully saturated rings. The van der Waals surface area contributed by atoms with E-state index in [1.807, 2.05) is 37.3 Å². The van der Waals surface area contributed by atoms with E-state index in [0.29, 0.717) is 5.92 Å². The van der Waals surface area contributed by atoms with E-state index < -0.39 is 0 Å². The molecule has 2 nitrogen and oxygen atoms in total. The Morgan fingerprint density at radius 1 is 1.29 bits per heavy atom. The van der Waals surface area contributed by atoms with Gasteiger partial charge in [-0.15, -0.1) is 0 Å². The lowest BCUT2D eigenvalue weighted by Crippen LogP contribution is -2.04. The van der Waals surface area contributed by atoms with Crippen LogP contribution in [-0.2, 0) is 0 Å². The van der Waals surface area contributed by atoms with E-state index in [1.54, 1.807) is 0 Å². The molecule has 0 aliphatic rings. The molecule has 0 saturated heterocycles. The number of hydrogen-bond acceptors (Lipinski definition) is 2. The Balaban J connectivity index is 2.10. The highest BCUT2D eigenvalue weighted by Gasteiger charge is 1.99. The smallest absolute Gasteiger partial charge is 0.119 e. The molecule has 1 rings (SSSR count). The van der Waals surface area contributed by atoms with Gasteiger partial charge in [0, 0.05) is 6.61 Å². The fourth-order valence-electron chi connectivity index (χ4n) is 1.23. The van der Waals surface area contributed by atoms with Crippen molar-refractivity contribution in [3.63, 3.8) is 0 Å². The topological polar surface area (TPSA) is 29.5 Å². The highest BCUT2D eigenvalue weighted by atomic mass is 16.5. The maximum Gasteiger partial charge on any atom is 0.119 e. The highest BCUT2D eigenvalue weighted by Crippen LogP contribution is 2.10. The van der Waals surface area contributed by atoms with Crippen LogP contribution in [0, 0.1) is 5.92 Å². The third kappa shape index (κ3) is 4.28. The van der Waals surface area contributed by atoms with E-state index in [1.165, 1.54) is 0 Å². The highest BCUT2D eigenvalue weighted by molar-refractivity contribution is 5.20. The summed E-state index contributed by atoms with van der Waals surface area (Å²) in [4.78, 5) is 0. The molecule has 0 radical (unpaired) electrons. The Kier molecular flexibility index (Phi) is 5.08. The van der Waals surface area contributed by atoms with Gasteiger partial charge in [0.25, 0.3) is 0 Å². The first-order chi connectivity index (χ1) is 6.83. The molecule has 1 aromatic rings. The van der Waals surface area contributed by atoms with Crippen LogP contribution in [0.2, 0.25) is 0 Å². The predicted octanol–water partition coefficient (Wildman–Crippen LogP) is 2.47. The monoisotopic (exact) mass is 194 g/mol. The summed E-state index contributed by atoms with van der Waals surface area (Å²) >= 11 is 0. The van der Waals surface area contributed by atoms with Crippen LogP contribution in [0.5, 0.6) is 5.75 Å². The molecular weight excluding hydrogens is 176 g/mol. The maximum absolute atomic E-state index is 8.81. The van der Waals surface area contributed by atoms with Crippen LogP contribution in [0.4, 0.5) is 0 Å². The third-order valence-electron chi connectivity index (χ3n) is 2.16. The molecular formula is C12H18O2. The normalized spacial score (nSPS) is 12.4. The van der Waals surface area contributed by atoms with Gasteiger partial charge in [0.1, 0.15) is 5.75 Å². The maximum atomic E-state index is 8.81. The van der Waals surface area contributed by atoms with Crippen molar-refractivity contribution in [3.8, 4) is 5.75 Å².